The van der Waals surface area contributed by atoms with Crippen molar-refractivity contribution in [3.8, 4) is 0 Å². The van der Waals surface area contributed by atoms with Crippen LogP contribution in [0.5, 0.6) is 0 Å². The number of fused-ring (bicyclic) bond motifs is 1. The van der Waals surface area contributed by atoms with Crippen LogP contribution in [0.4, 0.5) is 17.5 Å². The van der Waals surface area contributed by atoms with Gasteiger partial charge < -0.3 is 15.2 Å². The third-order valence-corrected chi connectivity index (χ3v) is 4.91. The molecular formula is C20H26ClN7O. The molecule has 0 fully saturated rings. The standard InChI is InChI=1S/C20H26ClN7O/c1-12(2)28-11-22-16-17(24-14-8-6-7-13(21)9-14)26-19(27-18(16)28)25-15(10-23-29)20(3,4)5/h6-9,11-12,15H,10H2,1-5H3,(H2,24,25,26,27). The van der Waals surface area contributed by atoms with E-state index in [0.29, 0.717) is 28.0 Å². The molecule has 2 heterocycles. The fourth-order valence-corrected chi connectivity index (χ4v) is 3.11. The highest BCUT2D eigenvalue weighted by Gasteiger charge is 2.26. The molecule has 1 unspecified atom stereocenters. The fraction of sp³-hybridized carbons (Fsp3) is 0.450. The lowest BCUT2D eigenvalue weighted by molar-refractivity contribution is 0.344. The number of aromatic nitrogens is 4. The van der Waals surface area contributed by atoms with Gasteiger partial charge in [0.25, 0.3) is 0 Å². The second-order valence-corrected chi connectivity index (χ2v) is 8.76. The van der Waals surface area contributed by atoms with Crippen LogP contribution >= 0.6 is 11.6 Å². The first-order valence-electron chi connectivity index (χ1n) is 9.52. The number of hydrogen-bond donors (Lipinski definition) is 2. The van der Waals surface area contributed by atoms with Crippen molar-refractivity contribution >= 4 is 40.2 Å². The van der Waals surface area contributed by atoms with Crippen molar-refractivity contribution in [3.63, 3.8) is 0 Å². The monoisotopic (exact) mass is 415 g/mol. The maximum atomic E-state index is 10.9. The Hall–Kier alpha value is -2.74. The van der Waals surface area contributed by atoms with E-state index in [0.717, 1.165) is 5.69 Å². The number of nitrogens with one attached hydrogen (secondary N) is 2. The van der Waals surface area contributed by atoms with E-state index in [1.165, 1.54) is 0 Å². The van der Waals surface area contributed by atoms with Crippen molar-refractivity contribution < 1.29 is 0 Å². The smallest absolute Gasteiger partial charge is 0.227 e. The summed E-state index contributed by atoms with van der Waals surface area (Å²) in [5.74, 6) is 0.971. The van der Waals surface area contributed by atoms with E-state index >= 15 is 0 Å². The molecule has 1 aromatic carbocycles. The normalized spacial score (nSPS) is 12.9. The van der Waals surface area contributed by atoms with Gasteiger partial charge in [-0.3, -0.25) is 0 Å². The predicted octanol–water partition coefficient (Wildman–Crippen LogP) is 5.40. The van der Waals surface area contributed by atoms with Crippen LogP contribution < -0.4 is 10.6 Å². The van der Waals surface area contributed by atoms with Crippen LogP contribution in [0.1, 0.15) is 40.7 Å². The van der Waals surface area contributed by atoms with Gasteiger partial charge in [-0.25, -0.2) is 4.98 Å². The minimum absolute atomic E-state index is 0.116. The molecule has 3 rings (SSSR count). The average Bonchev–Trinajstić information content (AvgIpc) is 3.05. The summed E-state index contributed by atoms with van der Waals surface area (Å²) in [7, 11) is 0. The zero-order valence-electron chi connectivity index (χ0n) is 17.3. The number of benzene rings is 1. The summed E-state index contributed by atoms with van der Waals surface area (Å²) in [4.78, 5) is 24.8. The number of nitroso groups, excluding NO2 is 1. The number of imidazole rings is 1. The van der Waals surface area contributed by atoms with E-state index in [1.54, 1.807) is 6.33 Å². The number of anilines is 3. The Labute approximate surface area is 175 Å². The van der Waals surface area contributed by atoms with Crippen LogP contribution in [0.15, 0.2) is 35.8 Å². The Morgan fingerprint density at radius 1 is 1.24 bits per heavy atom. The first kappa shape index (κ1) is 21.0. The van der Waals surface area contributed by atoms with Crippen LogP contribution in [-0.4, -0.2) is 32.1 Å². The van der Waals surface area contributed by atoms with E-state index in [2.05, 4.69) is 44.6 Å². The summed E-state index contributed by atoms with van der Waals surface area (Å²) >= 11 is 6.12. The molecule has 0 bridgehead atoms. The largest absolute Gasteiger partial charge is 0.349 e. The molecular weight excluding hydrogens is 390 g/mol. The highest BCUT2D eigenvalue weighted by atomic mass is 35.5. The van der Waals surface area contributed by atoms with Gasteiger partial charge in [0.15, 0.2) is 17.0 Å². The lowest BCUT2D eigenvalue weighted by Gasteiger charge is -2.29. The Balaban J connectivity index is 2.08. The maximum absolute atomic E-state index is 10.9. The number of nitrogens with zero attached hydrogens (tertiary/aromatic N) is 5. The first-order chi connectivity index (χ1) is 13.7. The number of halogens is 1. The van der Waals surface area contributed by atoms with Crippen molar-refractivity contribution in [1.29, 1.82) is 0 Å². The minimum Gasteiger partial charge on any atom is -0.349 e. The van der Waals surface area contributed by atoms with Crippen LogP contribution in [-0.2, 0) is 0 Å². The summed E-state index contributed by atoms with van der Waals surface area (Å²) in [6, 6.07) is 7.35. The summed E-state index contributed by atoms with van der Waals surface area (Å²) in [6.07, 6.45) is 1.76. The quantitative estimate of drug-likeness (QED) is 0.501. The van der Waals surface area contributed by atoms with Crippen molar-refractivity contribution in [2.75, 3.05) is 17.2 Å². The van der Waals surface area contributed by atoms with E-state index < -0.39 is 0 Å². The third-order valence-electron chi connectivity index (χ3n) is 4.67. The molecule has 9 heteroatoms. The van der Waals surface area contributed by atoms with E-state index in [9.17, 15) is 4.91 Å². The molecule has 8 nitrogen and oxygen atoms in total. The van der Waals surface area contributed by atoms with Crippen molar-refractivity contribution in [3.05, 3.63) is 40.5 Å². The van der Waals surface area contributed by atoms with Crippen LogP contribution in [0.3, 0.4) is 0 Å². The summed E-state index contributed by atoms with van der Waals surface area (Å²) < 4.78 is 1.98. The van der Waals surface area contributed by atoms with Gasteiger partial charge in [-0.1, -0.05) is 43.6 Å². The molecule has 29 heavy (non-hydrogen) atoms. The molecule has 0 spiro atoms. The molecule has 2 N–H and O–H groups in total. The van der Waals surface area contributed by atoms with E-state index in [-0.39, 0.29) is 24.0 Å². The van der Waals surface area contributed by atoms with Gasteiger partial charge in [0.2, 0.25) is 5.95 Å². The fourth-order valence-electron chi connectivity index (χ4n) is 2.92. The van der Waals surface area contributed by atoms with Gasteiger partial charge in [-0.2, -0.15) is 14.9 Å². The lowest BCUT2D eigenvalue weighted by atomic mass is 9.87. The molecule has 0 saturated heterocycles. The Morgan fingerprint density at radius 2 is 2.00 bits per heavy atom. The van der Waals surface area contributed by atoms with Crippen LogP contribution in [0.2, 0.25) is 5.02 Å². The Bertz CT molecular complexity index is 1010. The summed E-state index contributed by atoms with van der Waals surface area (Å²) in [6.45, 7) is 10.4. The Morgan fingerprint density at radius 3 is 2.62 bits per heavy atom. The number of rotatable bonds is 7. The van der Waals surface area contributed by atoms with Crippen molar-refractivity contribution in [2.24, 2.45) is 10.6 Å². The lowest BCUT2D eigenvalue weighted by Crippen LogP contribution is -2.37. The van der Waals surface area contributed by atoms with Gasteiger partial charge in [0, 0.05) is 16.8 Å². The van der Waals surface area contributed by atoms with Gasteiger partial charge in [-0.05, 0) is 37.5 Å². The van der Waals surface area contributed by atoms with Gasteiger partial charge >= 0.3 is 0 Å². The van der Waals surface area contributed by atoms with Crippen molar-refractivity contribution in [1.82, 2.24) is 19.5 Å². The maximum Gasteiger partial charge on any atom is 0.227 e. The summed E-state index contributed by atoms with van der Waals surface area (Å²) in [5, 5.41) is 10.3. The predicted molar refractivity (Wildman–Crippen MR) is 118 cm³/mol. The number of hydrogen-bond acceptors (Lipinski definition) is 7. The molecule has 0 aliphatic carbocycles. The zero-order valence-corrected chi connectivity index (χ0v) is 18.0. The van der Waals surface area contributed by atoms with Gasteiger partial charge in [0.1, 0.15) is 6.54 Å². The minimum atomic E-state index is -0.216. The molecule has 3 aromatic rings. The molecule has 1 atom stereocenters. The summed E-state index contributed by atoms with van der Waals surface area (Å²) in [5.41, 5.74) is 1.95. The molecule has 0 amide bonds. The molecule has 0 aliphatic heterocycles. The molecule has 2 aromatic heterocycles. The SMILES string of the molecule is CC(C)n1cnc2c(Nc3cccc(Cl)c3)nc(NC(CN=O)C(C)(C)C)nc21. The first-order valence-corrected chi connectivity index (χ1v) is 9.89. The molecule has 154 valence electrons. The highest BCUT2D eigenvalue weighted by molar-refractivity contribution is 6.30. The molecule has 0 aliphatic rings. The van der Waals surface area contributed by atoms with E-state index in [4.69, 9.17) is 11.6 Å². The van der Waals surface area contributed by atoms with Crippen LogP contribution in [0, 0.1) is 10.3 Å². The van der Waals surface area contributed by atoms with E-state index in [1.807, 2.05) is 49.6 Å². The zero-order chi connectivity index (χ0) is 21.2. The van der Waals surface area contributed by atoms with Gasteiger partial charge in [-0.15, -0.1) is 0 Å². The highest BCUT2D eigenvalue weighted by Crippen LogP contribution is 2.29. The molecule has 0 radical (unpaired) electrons. The average molecular weight is 416 g/mol. The third kappa shape index (κ3) is 4.82. The van der Waals surface area contributed by atoms with Crippen LogP contribution in [0.25, 0.3) is 11.2 Å². The van der Waals surface area contributed by atoms with Gasteiger partial charge in [0.05, 0.1) is 12.4 Å². The topological polar surface area (TPSA) is 97.1 Å². The van der Waals surface area contributed by atoms with Crippen molar-refractivity contribution in [2.45, 2.75) is 46.7 Å². The second-order valence-electron chi connectivity index (χ2n) is 8.32. The second kappa shape index (κ2) is 8.32. The Kier molecular flexibility index (Phi) is 6.02. The molecule has 0 saturated carbocycles.